The summed E-state index contributed by atoms with van der Waals surface area (Å²) >= 11 is 0. The van der Waals surface area contributed by atoms with Gasteiger partial charge in [-0.1, -0.05) is 39.8 Å². The quantitative estimate of drug-likeness (QED) is 0.862. The van der Waals surface area contributed by atoms with E-state index >= 15 is 0 Å². The second kappa shape index (κ2) is 5.13. The minimum atomic E-state index is -0.153. The van der Waals surface area contributed by atoms with Gasteiger partial charge in [0.1, 0.15) is 0 Å². The van der Waals surface area contributed by atoms with Crippen LogP contribution in [0.5, 0.6) is 0 Å². The average molecular weight is 247 g/mol. The zero-order valence-corrected chi connectivity index (χ0v) is 12.4. The Hall–Kier alpha value is -1.31. The number of hydrogen-bond donors (Lipinski definition) is 1. The van der Waals surface area contributed by atoms with Crippen LogP contribution < -0.4 is 5.32 Å². The molecule has 0 fully saturated rings. The van der Waals surface area contributed by atoms with Crippen molar-refractivity contribution in [2.24, 2.45) is 0 Å². The van der Waals surface area contributed by atoms with Crippen molar-refractivity contribution in [3.63, 3.8) is 0 Å². The summed E-state index contributed by atoms with van der Waals surface area (Å²) in [6, 6.07) is 7.88. The second-order valence-corrected chi connectivity index (χ2v) is 6.52. The van der Waals surface area contributed by atoms with Gasteiger partial charge in [-0.15, -0.1) is 0 Å². The van der Waals surface area contributed by atoms with E-state index in [-0.39, 0.29) is 16.9 Å². The highest BCUT2D eigenvalue weighted by Crippen LogP contribution is 2.22. The van der Waals surface area contributed by atoms with Crippen LogP contribution in [-0.4, -0.2) is 11.4 Å². The van der Waals surface area contributed by atoms with Gasteiger partial charge in [-0.3, -0.25) is 4.79 Å². The van der Waals surface area contributed by atoms with Gasteiger partial charge < -0.3 is 5.32 Å². The van der Waals surface area contributed by atoms with Crippen LogP contribution in [0.2, 0.25) is 0 Å². The van der Waals surface area contributed by atoms with Gasteiger partial charge in [0.2, 0.25) is 0 Å². The first-order valence-corrected chi connectivity index (χ1v) is 6.59. The van der Waals surface area contributed by atoms with Crippen molar-refractivity contribution >= 4 is 5.91 Å². The van der Waals surface area contributed by atoms with Gasteiger partial charge in [0.05, 0.1) is 0 Å². The predicted molar refractivity (Wildman–Crippen MR) is 77.0 cm³/mol. The normalized spacial score (nSPS) is 12.3. The fourth-order valence-electron chi connectivity index (χ4n) is 1.59. The molecule has 0 atom stereocenters. The van der Waals surface area contributed by atoms with E-state index in [2.05, 4.69) is 33.0 Å². The third-order valence-electron chi connectivity index (χ3n) is 3.35. The van der Waals surface area contributed by atoms with E-state index in [1.165, 1.54) is 5.56 Å². The molecule has 0 heterocycles. The van der Waals surface area contributed by atoms with Gasteiger partial charge in [-0.25, -0.2) is 0 Å². The lowest BCUT2D eigenvalue weighted by atomic mass is 9.86. The van der Waals surface area contributed by atoms with Crippen molar-refractivity contribution < 1.29 is 4.79 Å². The number of amides is 1. The summed E-state index contributed by atoms with van der Waals surface area (Å²) in [6.45, 7) is 12.7. The first-order chi connectivity index (χ1) is 8.15. The zero-order valence-electron chi connectivity index (χ0n) is 12.4. The Morgan fingerprint density at radius 1 is 1.06 bits per heavy atom. The maximum Gasteiger partial charge on any atom is 0.251 e. The summed E-state index contributed by atoms with van der Waals surface area (Å²) in [5.74, 6) is 0.00214. The van der Waals surface area contributed by atoms with E-state index in [9.17, 15) is 4.79 Å². The molecule has 1 amide bonds. The molecule has 0 spiro atoms. The Balaban J connectivity index is 2.83. The molecule has 0 aromatic heterocycles. The smallest absolute Gasteiger partial charge is 0.251 e. The first kappa shape index (κ1) is 14.7. The molecule has 1 aromatic carbocycles. The molecular weight excluding hydrogens is 222 g/mol. The fraction of sp³-hybridized carbons (Fsp3) is 0.562. The summed E-state index contributed by atoms with van der Waals surface area (Å²) in [7, 11) is 0. The third kappa shape index (κ3) is 3.86. The SMILES string of the molecule is CCC(C)(C)NC(=O)c1ccc(C(C)(C)C)cc1. The molecule has 0 aliphatic carbocycles. The van der Waals surface area contributed by atoms with Crippen LogP contribution in [0.15, 0.2) is 24.3 Å². The monoisotopic (exact) mass is 247 g/mol. The minimum absolute atomic E-state index is 0.00214. The van der Waals surface area contributed by atoms with Gasteiger partial charge in [0, 0.05) is 11.1 Å². The summed E-state index contributed by atoms with van der Waals surface area (Å²) in [5.41, 5.74) is 1.94. The Bertz CT molecular complexity index is 410. The maximum atomic E-state index is 12.1. The van der Waals surface area contributed by atoms with Crippen LogP contribution in [-0.2, 0) is 5.41 Å². The minimum Gasteiger partial charge on any atom is -0.347 e. The van der Waals surface area contributed by atoms with Crippen LogP contribution in [0, 0.1) is 0 Å². The number of hydrogen-bond acceptors (Lipinski definition) is 1. The molecule has 18 heavy (non-hydrogen) atoms. The third-order valence-corrected chi connectivity index (χ3v) is 3.35. The predicted octanol–water partition coefficient (Wildman–Crippen LogP) is 3.90. The summed E-state index contributed by atoms with van der Waals surface area (Å²) in [4.78, 5) is 12.1. The number of benzene rings is 1. The molecule has 0 unspecified atom stereocenters. The molecule has 2 heteroatoms. The zero-order chi connectivity index (χ0) is 14.0. The maximum absolute atomic E-state index is 12.1. The van der Waals surface area contributed by atoms with E-state index in [0.717, 1.165) is 12.0 Å². The number of nitrogens with one attached hydrogen (secondary N) is 1. The van der Waals surface area contributed by atoms with E-state index in [1.807, 2.05) is 38.1 Å². The highest BCUT2D eigenvalue weighted by Gasteiger charge is 2.19. The highest BCUT2D eigenvalue weighted by atomic mass is 16.1. The number of carbonyl (C=O) groups excluding carboxylic acids is 1. The fourth-order valence-corrected chi connectivity index (χ4v) is 1.59. The Labute approximate surface area is 111 Å². The molecule has 0 aliphatic rings. The molecule has 100 valence electrons. The lowest BCUT2D eigenvalue weighted by Gasteiger charge is -2.25. The highest BCUT2D eigenvalue weighted by molar-refractivity contribution is 5.94. The Kier molecular flexibility index (Phi) is 4.20. The number of rotatable bonds is 3. The van der Waals surface area contributed by atoms with Crippen molar-refractivity contribution in [2.75, 3.05) is 0 Å². The molecule has 1 rings (SSSR count). The van der Waals surface area contributed by atoms with Crippen molar-refractivity contribution in [3.05, 3.63) is 35.4 Å². The average Bonchev–Trinajstić information content (AvgIpc) is 2.27. The molecule has 1 N–H and O–H groups in total. The molecule has 0 aliphatic heterocycles. The lowest BCUT2D eigenvalue weighted by molar-refractivity contribution is 0.0911. The van der Waals surface area contributed by atoms with Gasteiger partial charge in [-0.05, 0) is 43.4 Å². The summed E-state index contributed by atoms with van der Waals surface area (Å²) in [6.07, 6.45) is 0.915. The van der Waals surface area contributed by atoms with Crippen LogP contribution in [0.4, 0.5) is 0 Å². The van der Waals surface area contributed by atoms with E-state index in [0.29, 0.717) is 0 Å². The largest absolute Gasteiger partial charge is 0.347 e. The molecule has 2 nitrogen and oxygen atoms in total. The molecule has 1 aromatic rings. The van der Waals surface area contributed by atoms with Gasteiger partial charge in [0.25, 0.3) is 5.91 Å². The summed E-state index contributed by atoms with van der Waals surface area (Å²) < 4.78 is 0. The Morgan fingerprint density at radius 3 is 1.94 bits per heavy atom. The molecule has 0 saturated heterocycles. The van der Waals surface area contributed by atoms with Crippen LogP contribution >= 0.6 is 0 Å². The van der Waals surface area contributed by atoms with Gasteiger partial charge in [0.15, 0.2) is 0 Å². The van der Waals surface area contributed by atoms with Crippen molar-refractivity contribution in [2.45, 2.75) is 58.9 Å². The second-order valence-electron chi connectivity index (χ2n) is 6.52. The summed E-state index contributed by atoms with van der Waals surface area (Å²) in [5, 5.41) is 3.04. The topological polar surface area (TPSA) is 29.1 Å². The van der Waals surface area contributed by atoms with Gasteiger partial charge >= 0.3 is 0 Å². The van der Waals surface area contributed by atoms with Crippen molar-refractivity contribution in [3.8, 4) is 0 Å². The van der Waals surface area contributed by atoms with Crippen LogP contribution in [0.3, 0.4) is 0 Å². The van der Waals surface area contributed by atoms with Crippen LogP contribution in [0.1, 0.15) is 63.9 Å². The van der Waals surface area contributed by atoms with E-state index in [1.54, 1.807) is 0 Å². The van der Waals surface area contributed by atoms with E-state index in [4.69, 9.17) is 0 Å². The first-order valence-electron chi connectivity index (χ1n) is 6.59. The Morgan fingerprint density at radius 2 is 1.56 bits per heavy atom. The van der Waals surface area contributed by atoms with Crippen molar-refractivity contribution in [1.29, 1.82) is 0 Å². The standard InChI is InChI=1S/C16H25NO/c1-7-16(5,6)17-14(18)12-8-10-13(11-9-12)15(2,3)4/h8-11H,7H2,1-6H3,(H,17,18). The van der Waals surface area contributed by atoms with Gasteiger partial charge in [-0.2, -0.15) is 0 Å². The molecule has 0 bridgehead atoms. The molecular formula is C16H25NO. The van der Waals surface area contributed by atoms with Crippen molar-refractivity contribution in [1.82, 2.24) is 5.32 Å². The van der Waals surface area contributed by atoms with E-state index < -0.39 is 0 Å². The lowest BCUT2D eigenvalue weighted by Crippen LogP contribution is -2.42. The number of carbonyl (C=O) groups is 1. The molecule has 0 saturated carbocycles. The molecule has 0 radical (unpaired) electrons. The van der Waals surface area contributed by atoms with Crippen LogP contribution in [0.25, 0.3) is 0 Å².